The summed E-state index contributed by atoms with van der Waals surface area (Å²) < 4.78 is 6.53. The van der Waals surface area contributed by atoms with Gasteiger partial charge in [-0.2, -0.15) is 9.47 Å². The molecule has 0 bridgehead atoms. The van der Waals surface area contributed by atoms with Crippen molar-refractivity contribution in [1.82, 2.24) is 33.8 Å². The molecule has 4 heterocycles. The van der Waals surface area contributed by atoms with Crippen molar-refractivity contribution in [2.24, 2.45) is 0 Å². The number of nitrogens with zero attached hydrogens (tertiary/aromatic N) is 6. The first-order chi connectivity index (χ1) is 13.7. The largest absolute Gasteiger partial charge is 0.395 e. The quantitative estimate of drug-likeness (QED) is 0.418. The van der Waals surface area contributed by atoms with Crippen LogP contribution in [0.4, 0.5) is 10.8 Å². The summed E-state index contributed by atoms with van der Waals surface area (Å²) in [6.45, 7) is 6.39. The molecular weight excluding hydrogens is 376 g/mol. The monoisotopic (exact) mass is 398 g/mol. The molecule has 0 aliphatic carbocycles. The van der Waals surface area contributed by atoms with Crippen molar-refractivity contribution in [3.05, 3.63) is 42.2 Å². The Bertz CT molecular complexity index is 1060. The number of imidazole rings is 1. The van der Waals surface area contributed by atoms with E-state index >= 15 is 0 Å². The first-order valence-corrected chi connectivity index (χ1v) is 9.85. The average molecular weight is 398 g/mol. The molecule has 28 heavy (non-hydrogen) atoms. The number of hydrogen-bond donors (Lipinski definition) is 3. The van der Waals surface area contributed by atoms with Gasteiger partial charge in [-0.1, -0.05) is 6.92 Å². The molecule has 0 saturated carbocycles. The Morgan fingerprint density at radius 2 is 2.25 bits per heavy atom. The SMILES string of the molecule is CCN(CCO)Cc1cc(Nc2nc(C)cn3c(-c4cn[nH]c4)cnc23)sn1. The van der Waals surface area contributed by atoms with Crippen LogP contribution >= 0.6 is 11.5 Å². The fourth-order valence-corrected chi connectivity index (χ4v) is 3.74. The normalized spacial score (nSPS) is 11.6. The molecule has 146 valence electrons. The van der Waals surface area contributed by atoms with Crippen molar-refractivity contribution in [3.63, 3.8) is 0 Å². The van der Waals surface area contributed by atoms with E-state index in [2.05, 4.69) is 41.7 Å². The van der Waals surface area contributed by atoms with Gasteiger partial charge in [-0.15, -0.1) is 0 Å². The van der Waals surface area contributed by atoms with E-state index in [1.165, 1.54) is 11.5 Å². The predicted octanol–water partition coefficient (Wildman–Crippen LogP) is 2.44. The lowest BCUT2D eigenvalue weighted by Gasteiger charge is -2.17. The predicted molar refractivity (Wildman–Crippen MR) is 109 cm³/mol. The number of aromatic nitrogens is 6. The smallest absolute Gasteiger partial charge is 0.180 e. The average Bonchev–Trinajstić information content (AvgIpc) is 3.41. The van der Waals surface area contributed by atoms with Crippen LogP contribution < -0.4 is 5.32 Å². The van der Waals surface area contributed by atoms with E-state index in [0.717, 1.165) is 39.8 Å². The van der Waals surface area contributed by atoms with E-state index in [1.807, 2.05) is 36.0 Å². The van der Waals surface area contributed by atoms with Gasteiger partial charge in [0, 0.05) is 31.0 Å². The lowest BCUT2D eigenvalue weighted by molar-refractivity contribution is 0.196. The van der Waals surface area contributed by atoms with Crippen LogP contribution in [0.2, 0.25) is 0 Å². The molecule has 0 aromatic carbocycles. The highest BCUT2D eigenvalue weighted by molar-refractivity contribution is 7.10. The maximum absolute atomic E-state index is 9.15. The Labute approximate surface area is 166 Å². The minimum absolute atomic E-state index is 0.146. The summed E-state index contributed by atoms with van der Waals surface area (Å²) in [5.41, 5.74) is 4.50. The van der Waals surface area contributed by atoms with Gasteiger partial charge in [0.15, 0.2) is 11.5 Å². The second-order valence-electron chi connectivity index (χ2n) is 6.45. The van der Waals surface area contributed by atoms with Crippen LogP contribution in [-0.4, -0.2) is 58.6 Å². The Hall–Kier alpha value is -2.82. The van der Waals surface area contributed by atoms with Crippen LogP contribution in [0.15, 0.2) is 30.9 Å². The number of likely N-dealkylation sites (N-methyl/N-ethyl adjacent to an activating group) is 1. The lowest BCUT2D eigenvalue weighted by atomic mass is 10.3. The number of aromatic amines is 1. The minimum Gasteiger partial charge on any atom is -0.395 e. The van der Waals surface area contributed by atoms with E-state index in [1.54, 1.807) is 6.20 Å². The molecule has 4 rings (SSSR count). The molecule has 0 spiro atoms. The highest BCUT2D eigenvalue weighted by Crippen LogP contribution is 2.27. The van der Waals surface area contributed by atoms with E-state index < -0.39 is 0 Å². The van der Waals surface area contributed by atoms with Crippen molar-refractivity contribution in [2.75, 3.05) is 25.0 Å². The molecule has 0 fully saturated rings. The lowest BCUT2D eigenvalue weighted by Crippen LogP contribution is -2.26. The maximum atomic E-state index is 9.15. The summed E-state index contributed by atoms with van der Waals surface area (Å²) in [7, 11) is 0. The van der Waals surface area contributed by atoms with Gasteiger partial charge in [0.2, 0.25) is 0 Å². The van der Waals surface area contributed by atoms with Gasteiger partial charge in [-0.25, -0.2) is 9.97 Å². The number of anilines is 2. The fraction of sp³-hybridized carbons (Fsp3) is 0.333. The minimum atomic E-state index is 0.146. The van der Waals surface area contributed by atoms with Crippen LogP contribution in [0, 0.1) is 6.92 Å². The summed E-state index contributed by atoms with van der Waals surface area (Å²) in [6.07, 6.45) is 7.39. The summed E-state index contributed by atoms with van der Waals surface area (Å²) in [6, 6.07) is 2.02. The first-order valence-electron chi connectivity index (χ1n) is 9.07. The second-order valence-corrected chi connectivity index (χ2v) is 7.26. The van der Waals surface area contributed by atoms with Gasteiger partial charge in [0.25, 0.3) is 0 Å². The standard InChI is InChI=1S/C18H22N8OS/c1-3-25(4-5-27)11-14-6-16(28-24-14)23-17-18-19-9-15(13-7-20-21-8-13)26(18)10-12(2)22-17/h6-10,27H,3-5,11H2,1-2H3,(H,20,21)(H,22,23). The highest BCUT2D eigenvalue weighted by Gasteiger charge is 2.14. The molecule has 0 amide bonds. The van der Waals surface area contributed by atoms with Crippen LogP contribution in [0.5, 0.6) is 0 Å². The molecule has 0 saturated heterocycles. The molecule has 0 aliphatic rings. The number of aryl methyl sites for hydroxylation is 1. The first kappa shape index (κ1) is 18.5. The van der Waals surface area contributed by atoms with Gasteiger partial charge < -0.3 is 10.4 Å². The molecular formula is C18H22N8OS. The van der Waals surface area contributed by atoms with Crippen molar-refractivity contribution < 1.29 is 5.11 Å². The van der Waals surface area contributed by atoms with E-state index in [9.17, 15) is 0 Å². The molecule has 9 nitrogen and oxygen atoms in total. The third kappa shape index (κ3) is 3.75. The molecule has 3 N–H and O–H groups in total. The molecule has 0 radical (unpaired) electrons. The molecule has 10 heteroatoms. The molecule has 4 aromatic rings. The Kier molecular flexibility index (Phi) is 5.33. The van der Waals surface area contributed by atoms with Crippen LogP contribution in [-0.2, 0) is 6.54 Å². The van der Waals surface area contributed by atoms with E-state index in [-0.39, 0.29) is 6.61 Å². The van der Waals surface area contributed by atoms with Crippen LogP contribution in [0.1, 0.15) is 18.3 Å². The van der Waals surface area contributed by atoms with Gasteiger partial charge in [0.1, 0.15) is 5.00 Å². The number of nitrogens with one attached hydrogen (secondary N) is 2. The van der Waals surface area contributed by atoms with E-state index in [0.29, 0.717) is 18.9 Å². The number of fused-ring (bicyclic) bond motifs is 1. The van der Waals surface area contributed by atoms with E-state index in [4.69, 9.17) is 5.11 Å². The zero-order valence-electron chi connectivity index (χ0n) is 15.8. The maximum Gasteiger partial charge on any atom is 0.180 e. The Morgan fingerprint density at radius 1 is 1.36 bits per heavy atom. The summed E-state index contributed by atoms with van der Waals surface area (Å²) in [5.74, 6) is 0.688. The summed E-state index contributed by atoms with van der Waals surface area (Å²) in [4.78, 5) is 11.3. The van der Waals surface area contributed by atoms with Crippen molar-refractivity contribution >= 4 is 28.0 Å². The number of hydrogen-bond acceptors (Lipinski definition) is 8. The number of aliphatic hydroxyl groups excluding tert-OH is 1. The fourth-order valence-electron chi connectivity index (χ4n) is 3.08. The summed E-state index contributed by atoms with van der Waals surface area (Å²) >= 11 is 1.39. The number of aliphatic hydroxyl groups is 1. The van der Waals surface area contributed by atoms with Gasteiger partial charge in [-0.05, 0) is 31.1 Å². The van der Waals surface area contributed by atoms with Gasteiger partial charge >= 0.3 is 0 Å². The third-order valence-corrected chi connectivity index (χ3v) is 5.20. The van der Waals surface area contributed by atoms with Crippen LogP contribution in [0.25, 0.3) is 16.9 Å². The van der Waals surface area contributed by atoms with Crippen molar-refractivity contribution in [2.45, 2.75) is 20.4 Å². The van der Waals surface area contributed by atoms with Crippen LogP contribution in [0.3, 0.4) is 0 Å². The molecule has 4 aromatic heterocycles. The zero-order chi connectivity index (χ0) is 19.5. The molecule has 0 unspecified atom stereocenters. The summed E-state index contributed by atoms with van der Waals surface area (Å²) in [5, 5.41) is 20.3. The Morgan fingerprint density at radius 3 is 3.00 bits per heavy atom. The number of rotatable bonds is 8. The number of H-pyrrole nitrogens is 1. The Balaban J connectivity index is 1.60. The third-order valence-electron chi connectivity index (χ3n) is 4.46. The topological polar surface area (TPSA) is 107 Å². The van der Waals surface area contributed by atoms with Crippen molar-refractivity contribution in [3.8, 4) is 11.3 Å². The molecule has 0 aliphatic heterocycles. The van der Waals surface area contributed by atoms with Gasteiger partial charge in [0.05, 0.1) is 36.1 Å². The zero-order valence-corrected chi connectivity index (χ0v) is 16.6. The molecule has 0 atom stereocenters. The van der Waals surface area contributed by atoms with Crippen molar-refractivity contribution in [1.29, 1.82) is 0 Å². The highest BCUT2D eigenvalue weighted by atomic mass is 32.1. The second kappa shape index (κ2) is 8.05. The van der Waals surface area contributed by atoms with Gasteiger partial charge in [-0.3, -0.25) is 14.4 Å².